The first-order chi connectivity index (χ1) is 7.50. The van der Waals surface area contributed by atoms with E-state index in [1.807, 2.05) is 0 Å². The zero-order chi connectivity index (χ0) is 11.9. The van der Waals surface area contributed by atoms with Crippen LogP contribution in [0.2, 0.25) is 0 Å². The molecule has 1 heterocycles. The van der Waals surface area contributed by atoms with Crippen molar-refractivity contribution >= 4 is 22.8 Å². The molecule has 0 saturated heterocycles. The maximum Gasteiger partial charge on any atom is 0.352 e. The summed E-state index contributed by atoms with van der Waals surface area (Å²) >= 11 is 0. The average Bonchev–Trinajstić information content (AvgIpc) is 2.56. The van der Waals surface area contributed by atoms with Crippen molar-refractivity contribution in [3.8, 4) is 0 Å². The number of nitrogens with two attached hydrogens (primary N) is 1. The highest BCUT2D eigenvalue weighted by atomic mass is 16.4. The van der Waals surface area contributed by atoms with E-state index in [-0.39, 0.29) is 5.69 Å². The SMILES string of the molecule is Cn1c(C(=O)O)cc2ccc(C(N)=O)cc21. The van der Waals surface area contributed by atoms with Gasteiger partial charge in [0.2, 0.25) is 5.91 Å². The molecule has 2 rings (SSSR count). The van der Waals surface area contributed by atoms with Crippen molar-refractivity contribution in [3.05, 3.63) is 35.5 Å². The fourth-order valence-electron chi connectivity index (χ4n) is 1.69. The van der Waals surface area contributed by atoms with E-state index in [2.05, 4.69) is 0 Å². The third-order valence-electron chi connectivity index (χ3n) is 2.55. The van der Waals surface area contributed by atoms with Crippen LogP contribution < -0.4 is 5.73 Å². The van der Waals surface area contributed by atoms with Crippen LogP contribution in [0.5, 0.6) is 0 Å². The van der Waals surface area contributed by atoms with E-state index in [1.165, 1.54) is 4.57 Å². The normalized spacial score (nSPS) is 10.6. The van der Waals surface area contributed by atoms with Gasteiger partial charge in [-0.1, -0.05) is 6.07 Å². The molecular weight excluding hydrogens is 208 g/mol. The highest BCUT2D eigenvalue weighted by molar-refractivity contribution is 5.99. The van der Waals surface area contributed by atoms with E-state index in [0.29, 0.717) is 11.1 Å². The minimum absolute atomic E-state index is 0.177. The first-order valence-electron chi connectivity index (χ1n) is 4.63. The molecule has 0 fully saturated rings. The molecular formula is C11H10N2O3. The van der Waals surface area contributed by atoms with Crippen LogP contribution in [-0.2, 0) is 7.05 Å². The van der Waals surface area contributed by atoms with Gasteiger partial charge in [-0.05, 0) is 18.2 Å². The van der Waals surface area contributed by atoms with Crippen LogP contribution in [0, 0.1) is 0 Å². The lowest BCUT2D eigenvalue weighted by Crippen LogP contribution is -2.10. The summed E-state index contributed by atoms with van der Waals surface area (Å²) < 4.78 is 1.52. The van der Waals surface area contributed by atoms with Gasteiger partial charge in [-0.15, -0.1) is 0 Å². The van der Waals surface area contributed by atoms with Crippen molar-refractivity contribution in [2.24, 2.45) is 12.8 Å². The quantitative estimate of drug-likeness (QED) is 0.787. The number of nitrogens with zero attached hydrogens (tertiary/aromatic N) is 1. The van der Waals surface area contributed by atoms with E-state index in [1.54, 1.807) is 31.3 Å². The van der Waals surface area contributed by atoms with Crippen molar-refractivity contribution in [2.75, 3.05) is 0 Å². The maximum absolute atomic E-state index is 11.0. The number of carbonyl (C=O) groups is 2. The summed E-state index contributed by atoms with van der Waals surface area (Å²) in [6.45, 7) is 0. The standard InChI is InChI=1S/C11H10N2O3/c1-13-8-5-7(10(12)14)3-2-6(8)4-9(13)11(15)16/h2-5H,1H3,(H2,12,14)(H,15,16). The minimum atomic E-state index is -1.00. The number of benzene rings is 1. The number of carboxylic acids is 1. The summed E-state index contributed by atoms with van der Waals surface area (Å²) in [6, 6.07) is 6.41. The van der Waals surface area contributed by atoms with Gasteiger partial charge >= 0.3 is 5.97 Å². The van der Waals surface area contributed by atoms with Crippen LogP contribution in [-0.4, -0.2) is 21.6 Å². The van der Waals surface area contributed by atoms with E-state index in [4.69, 9.17) is 10.8 Å². The van der Waals surface area contributed by atoms with Crippen molar-refractivity contribution in [2.45, 2.75) is 0 Å². The summed E-state index contributed by atoms with van der Waals surface area (Å²) in [7, 11) is 1.64. The first kappa shape index (κ1) is 10.2. The van der Waals surface area contributed by atoms with Crippen molar-refractivity contribution < 1.29 is 14.7 Å². The highest BCUT2D eigenvalue weighted by Gasteiger charge is 2.12. The van der Waals surface area contributed by atoms with Gasteiger partial charge < -0.3 is 15.4 Å². The van der Waals surface area contributed by atoms with Gasteiger partial charge in [-0.3, -0.25) is 4.79 Å². The smallest absolute Gasteiger partial charge is 0.352 e. The number of aryl methyl sites for hydroxylation is 1. The van der Waals surface area contributed by atoms with Crippen LogP contribution in [0.4, 0.5) is 0 Å². The van der Waals surface area contributed by atoms with Gasteiger partial charge in [0.15, 0.2) is 0 Å². The van der Waals surface area contributed by atoms with E-state index < -0.39 is 11.9 Å². The molecule has 3 N–H and O–H groups in total. The number of carbonyl (C=O) groups excluding carboxylic acids is 1. The Morgan fingerprint density at radius 3 is 2.56 bits per heavy atom. The molecule has 16 heavy (non-hydrogen) atoms. The Balaban J connectivity index is 2.73. The molecule has 0 bridgehead atoms. The molecule has 1 aromatic carbocycles. The lowest BCUT2D eigenvalue weighted by atomic mass is 10.1. The van der Waals surface area contributed by atoms with Gasteiger partial charge in [-0.2, -0.15) is 0 Å². The second-order valence-corrected chi connectivity index (χ2v) is 3.53. The van der Waals surface area contributed by atoms with Gasteiger partial charge in [0.25, 0.3) is 0 Å². The molecule has 0 radical (unpaired) electrons. The van der Waals surface area contributed by atoms with Gasteiger partial charge in [0.05, 0.1) is 0 Å². The van der Waals surface area contributed by atoms with Crippen LogP contribution in [0.25, 0.3) is 10.9 Å². The van der Waals surface area contributed by atoms with Gasteiger partial charge in [-0.25, -0.2) is 4.79 Å². The van der Waals surface area contributed by atoms with Crippen LogP contribution in [0.3, 0.4) is 0 Å². The number of aromatic nitrogens is 1. The topological polar surface area (TPSA) is 85.3 Å². The summed E-state index contributed by atoms with van der Waals surface area (Å²) in [5.41, 5.74) is 6.38. The molecule has 5 heteroatoms. The molecule has 2 aromatic rings. The predicted molar refractivity (Wildman–Crippen MR) is 58.4 cm³/mol. The Hall–Kier alpha value is -2.30. The molecule has 0 saturated carbocycles. The number of hydrogen-bond donors (Lipinski definition) is 2. The Morgan fingerprint density at radius 2 is 2.00 bits per heavy atom. The second kappa shape index (κ2) is 3.37. The molecule has 0 atom stereocenters. The van der Waals surface area contributed by atoms with Gasteiger partial charge in [0, 0.05) is 23.5 Å². The van der Waals surface area contributed by atoms with E-state index >= 15 is 0 Å². The Morgan fingerprint density at radius 1 is 1.31 bits per heavy atom. The molecule has 0 aliphatic carbocycles. The zero-order valence-corrected chi connectivity index (χ0v) is 8.60. The molecule has 5 nitrogen and oxygen atoms in total. The van der Waals surface area contributed by atoms with Crippen LogP contribution in [0.1, 0.15) is 20.8 Å². The Bertz CT molecular complexity index is 599. The fraction of sp³-hybridized carbons (Fsp3) is 0.0909. The van der Waals surface area contributed by atoms with Gasteiger partial charge in [0.1, 0.15) is 5.69 Å². The number of hydrogen-bond acceptors (Lipinski definition) is 2. The average molecular weight is 218 g/mol. The molecule has 1 amide bonds. The predicted octanol–water partition coefficient (Wildman–Crippen LogP) is 0.975. The fourth-order valence-corrected chi connectivity index (χ4v) is 1.69. The molecule has 82 valence electrons. The maximum atomic E-state index is 11.0. The minimum Gasteiger partial charge on any atom is -0.477 e. The number of aromatic carboxylic acids is 1. The third kappa shape index (κ3) is 1.42. The molecule has 0 aliphatic rings. The summed E-state index contributed by atoms with van der Waals surface area (Å²) in [4.78, 5) is 21.9. The first-order valence-corrected chi connectivity index (χ1v) is 4.63. The zero-order valence-electron chi connectivity index (χ0n) is 8.60. The summed E-state index contributed by atoms with van der Waals surface area (Å²) in [6.07, 6.45) is 0. The third-order valence-corrected chi connectivity index (χ3v) is 2.55. The monoisotopic (exact) mass is 218 g/mol. The lowest BCUT2D eigenvalue weighted by molar-refractivity contribution is 0.0687. The number of carboxylic acid groups (broad SMARTS) is 1. The highest BCUT2D eigenvalue weighted by Crippen LogP contribution is 2.20. The Kier molecular flexibility index (Phi) is 2.16. The Labute approximate surface area is 91.1 Å². The molecule has 0 spiro atoms. The lowest BCUT2D eigenvalue weighted by Gasteiger charge is -2.00. The largest absolute Gasteiger partial charge is 0.477 e. The van der Waals surface area contributed by atoms with Crippen molar-refractivity contribution in [1.29, 1.82) is 0 Å². The summed E-state index contributed by atoms with van der Waals surface area (Å²) in [5, 5.41) is 9.70. The van der Waals surface area contributed by atoms with E-state index in [0.717, 1.165) is 5.39 Å². The number of fused-ring (bicyclic) bond motifs is 1. The van der Waals surface area contributed by atoms with E-state index in [9.17, 15) is 9.59 Å². The second-order valence-electron chi connectivity index (χ2n) is 3.53. The number of rotatable bonds is 2. The molecule has 1 aromatic heterocycles. The number of primary amides is 1. The van der Waals surface area contributed by atoms with Crippen LogP contribution in [0.15, 0.2) is 24.3 Å². The summed E-state index contributed by atoms with van der Waals surface area (Å²) in [5.74, 6) is -1.53. The molecule has 0 aliphatic heterocycles. The van der Waals surface area contributed by atoms with Crippen LogP contribution >= 0.6 is 0 Å². The number of amides is 1. The molecule has 0 unspecified atom stereocenters. The van der Waals surface area contributed by atoms with Crippen molar-refractivity contribution in [1.82, 2.24) is 4.57 Å². The van der Waals surface area contributed by atoms with Crippen molar-refractivity contribution in [3.63, 3.8) is 0 Å².